The summed E-state index contributed by atoms with van der Waals surface area (Å²) in [6, 6.07) is 9.07. The molecule has 0 heterocycles. The molecule has 100 valence electrons. The van der Waals surface area contributed by atoms with E-state index in [-0.39, 0.29) is 0 Å². The Morgan fingerprint density at radius 2 is 1.67 bits per heavy atom. The Bertz CT molecular complexity index is 337. The van der Waals surface area contributed by atoms with Gasteiger partial charge in [0.05, 0.1) is 0 Å². The largest absolute Gasteiger partial charge is 0.312 e. The maximum absolute atomic E-state index is 3.54. The van der Waals surface area contributed by atoms with Crippen molar-refractivity contribution in [3.05, 3.63) is 35.4 Å². The fourth-order valence-corrected chi connectivity index (χ4v) is 2.21. The maximum Gasteiger partial charge on any atom is 0.0233 e. The summed E-state index contributed by atoms with van der Waals surface area (Å²) in [7, 11) is 0. The Balaban J connectivity index is 1.76. The normalized spacial score (nSPS) is 15.3. The molecule has 0 aliphatic heterocycles. The topological polar surface area (TPSA) is 15.3 Å². The average molecular weight is 246 g/mol. The first-order valence-corrected chi connectivity index (χ1v) is 7.32. The van der Waals surface area contributed by atoms with Gasteiger partial charge in [0.25, 0.3) is 0 Å². The number of hydrogen-bond acceptors (Lipinski definition) is 2. The van der Waals surface area contributed by atoms with Crippen molar-refractivity contribution >= 4 is 0 Å². The van der Waals surface area contributed by atoms with E-state index in [4.69, 9.17) is 0 Å². The van der Waals surface area contributed by atoms with E-state index in [9.17, 15) is 0 Å². The lowest BCUT2D eigenvalue weighted by Gasteiger charge is -2.18. The standard InChI is InChI=1S/C16H26N2/c1-3-18(4-2)13-16-9-7-15(8-10-16)12-17-11-14-5-6-14/h7-10,14,17H,3-6,11-13H2,1-2H3. The van der Waals surface area contributed by atoms with Crippen molar-refractivity contribution in [2.75, 3.05) is 19.6 Å². The van der Waals surface area contributed by atoms with E-state index in [1.54, 1.807) is 0 Å². The molecule has 2 nitrogen and oxygen atoms in total. The van der Waals surface area contributed by atoms with Crippen LogP contribution in [0.4, 0.5) is 0 Å². The van der Waals surface area contributed by atoms with Gasteiger partial charge in [-0.2, -0.15) is 0 Å². The first-order chi connectivity index (χ1) is 8.81. The molecule has 0 aromatic heterocycles. The Kier molecular flexibility index (Phi) is 5.21. The van der Waals surface area contributed by atoms with Crippen molar-refractivity contribution in [3.63, 3.8) is 0 Å². The van der Waals surface area contributed by atoms with E-state index in [1.165, 1.54) is 30.5 Å². The second kappa shape index (κ2) is 6.91. The first-order valence-electron chi connectivity index (χ1n) is 7.32. The fraction of sp³-hybridized carbons (Fsp3) is 0.625. The molecule has 1 N–H and O–H groups in total. The van der Waals surface area contributed by atoms with Crippen LogP contribution in [0.5, 0.6) is 0 Å². The Hall–Kier alpha value is -0.860. The maximum atomic E-state index is 3.54. The second-order valence-electron chi connectivity index (χ2n) is 5.35. The summed E-state index contributed by atoms with van der Waals surface area (Å²) in [5.74, 6) is 0.965. The number of rotatable bonds is 8. The first kappa shape index (κ1) is 13.6. The Morgan fingerprint density at radius 3 is 2.22 bits per heavy atom. The molecule has 0 atom stereocenters. The summed E-state index contributed by atoms with van der Waals surface area (Å²) < 4.78 is 0. The number of nitrogens with zero attached hydrogens (tertiary/aromatic N) is 1. The molecule has 1 fully saturated rings. The van der Waals surface area contributed by atoms with E-state index >= 15 is 0 Å². The number of hydrogen-bond donors (Lipinski definition) is 1. The van der Waals surface area contributed by atoms with Crippen LogP contribution in [0.15, 0.2) is 24.3 Å². The SMILES string of the molecule is CCN(CC)Cc1ccc(CNCC2CC2)cc1. The molecule has 18 heavy (non-hydrogen) atoms. The van der Waals surface area contributed by atoms with Crippen LogP contribution >= 0.6 is 0 Å². The zero-order valence-electron chi connectivity index (χ0n) is 11.8. The summed E-state index contributed by atoms with van der Waals surface area (Å²) in [5, 5.41) is 3.54. The van der Waals surface area contributed by atoms with E-state index in [2.05, 4.69) is 48.3 Å². The van der Waals surface area contributed by atoms with Crippen molar-refractivity contribution in [2.45, 2.75) is 39.8 Å². The minimum absolute atomic E-state index is 0.965. The van der Waals surface area contributed by atoms with E-state index in [1.807, 2.05) is 0 Å². The monoisotopic (exact) mass is 246 g/mol. The van der Waals surface area contributed by atoms with Gasteiger partial charge in [0.1, 0.15) is 0 Å². The zero-order chi connectivity index (χ0) is 12.8. The van der Waals surface area contributed by atoms with Crippen LogP contribution in [-0.2, 0) is 13.1 Å². The van der Waals surface area contributed by atoms with Crippen LogP contribution in [0.25, 0.3) is 0 Å². The smallest absolute Gasteiger partial charge is 0.0233 e. The van der Waals surface area contributed by atoms with Crippen molar-refractivity contribution in [3.8, 4) is 0 Å². The third kappa shape index (κ3) is 4.43. The van der Waals surface area contributed by atoms with Gasteiger partial charge in [0.2, 0.25) is 0 Å². The number of benzene rings is 1. The van der Waals surface area contributed by atoms with E-state index in [0.717, 1.165) is 32.1 Å². The average Bonchev–Trinajstić information content (AvgIpc) is 3.22. The third-order valence-corrected chi connectivity index (χ3v) is 3.78. The molecule has 1 aromatic carbocycles. The molecule has 1 aromatic rings. The van der Waals surface area contributed by atoms with Crippen LogP contribution in [0.3, 0.4) is 0 Å². The van der Waals surface area contributed by atoms with Crippen LogP contribution in [0.2, 0.25) is 0 Å². The molecular weight excluding hydrogens is 220 g/mol. The van der Waals surface area contributed by atoms with Crippen molar-refractivity contribution in [1.82, 2.24) is 10.2 Å². The van der Waals surface area contributed by atoms with Crippen LogP contribution in [0.1, 0.15) is 37.8 Å². The van der Waals surface area contributed by atoms with Crippen LogP contribution < -0.4 is 5.32 Å². The Morgan fingerprint density at radius 1 is 1.06 bits per heavy atom. The zero-order valence-corrected chi connectivity index (χ0v) is 11.8. The van der Waals surface area contributed by atoms with Crippen LogP contribution in [0, 0.1) is 5.92 Å². The lowest BCUT2D eigenvalue weighted by Crippen LogP contribution is -2.22. The highest BCUT2D eigenvalue weighted by Crippen LogP contribution is 2.27. The molecule has 0 radical (unpaired) electrons. The summed E-state index contributed by atoms with van der Waals surface area (Å²) >= 11 is 0. The van der Waals surface area contributed by atoms with Gasteiger partial charge >= 0.3 is 0 Å². The molecule has 2 rings (SSSR count). The van der Waals surface area contributed by atoms with Crippen LogP contribution in [-0.4, -0.2) is 24.5 Å². The predicted molar refractivity (Wildman–Crippen MR) is 77.5 cm³/mol. The van der Waals surface area contributed by atoms with Gasteiger partial charge in [-0.05, 0) is 49.5 Å². The summed E-state index contributed by atoms with van der Waals surface area (Å²) in [6.07, 6.45) is 2.85. The molecule has 0 saturated heterocycles. The lowest BCUT2D eigenvalue weighted by molar-refractivity contribution is 0.296. The highest BCUT2D eigenvalue weighted by atomic mass is 15.1. The Labute approximate surface area is 111 Å². The molecule has 1 saturated carbocycles. The van der Waals surface area contributed by atoms with Gasteiger partial charge < -0.3 is 5.32 Å². The highest BCUT2D eigenvalue weighted by Gasteiger charge is 2.19. The summed E-state index contributed by atoms with van der Waals surface area (Å²) in [4.78, 5) is 2.44. The van der Waals surface area contributed by atoms with Gasteiger partial charge in [0.15, 0.2) is 0 Å². The molecule has 0 bridgehead atoms. The lowest BCUT2D eigenvalue weighted by atomic mass is 10.1. The molecule has 0 unspecified atom stereocenters. The molecule has 0 amide bonds. The van der Waals surface area contributed by atoms with Gasteiger partial charge in [0, 0.05) is 13.1 Å². The number of nitrogens with one attached hydrogen (secondary N) is 1. The molecule has 1 aliphatic rings. The van der Waals surface area contributed by atoms with Crippen molar-refractivity contribution in [2.24, 2.45) is 5.92 Å². The minimum atomic E-state index is 0.965. The molecule has 2 heteroatoms. The molecular formula is C16H26N2. The highest BCUT2D eigenvalue weighted by molar-refractivity contribution is 5.22. The quantitative estimate of drug-likeness (QED) is 0.758. The van der Waals surface area contributed by atoms with Gasteiger partial charge in [-0.3, -0.25) is 4.90 Å². The van der Waals surface area contributed by atoms with Crippen molar-refractivity contribution < 1.29 is 0 Å². The molecule has 1 aliphatic carbocycles. The van der Waals surface area contributed by atoms with Crippen molar-refractivity contribution in [1.29, 1.82) is 0 Å². The van der Waals surface area contributed by atoms with Gasteiger partial charge in [-0.25, -0.2) is 0 Å². The minimum Gasteiger partial charge on any atom is -0.312 e. The van der Waals surface area contributed by atoms with Gasteiger partial charge in [-0.15, -0.1) is 0 Å². The summed E-state index contributed by atoms with van der Waals surface area (Å²) in [5.41, 5.74) is 2.82. The van der Waals surface area contributed by atoms with Gasteiger partial charge in [-0.1, -0.05) is 38.1 Å². The third-order valence-electron chi connectivity index (χ3n) is 3.78. The summed E-state index contributed by atoms with van der Waals surface area (Å²) in [6.45, 7) is 9.98. The van der Waals surface area contributed by atoms with E-state index < -0.39 is 0 Å². The van der Waals surface area contributed by atoms with E-state index in [0.29, 0.717) is 0 Å². The molecule has 0 spiro atoms. The predicted octanol–water partition coefficient (Wildman–Crippen LogP) is 3.03. The fourth-order valence-electron chi connectivity index (χ4n) is 2.21. The second-order valence-corrected chi connectivity index (χ2v) is 5.35.